The Labute approximate surface area is 61.9 Å². The maximum Gasteiger partial charge on any atom is 0.0184 e. The summed E-state index contributed by atoms with van der Waals surface area (Å²) in [6, 6.07) is 0. The lowest BCUT2D eigenvalue weighted by Crippen LogP contribution is -1.87. The highest BCUT2D eigenvalue weighted by Gasteiger charge is 1.95. The number of hydrogen-bond donors (Lipinski definition) is 0. The predicted molar refractivity (Wildman–Crippen MR) is 44.4 cm³/mol. The fraction of sp³-hybridized carbons (Fsp3) is 0.200. The molecule has 1 aliphatic carbocycles. The lowest BCUT2D eigenvalue weighted by Gasteiger charge is -1.98. The molecule has 0 spiro atoms. The molecule has 0 aromatic carbocycles. The molecular weight excluding hydrogens is 120 g/mol. The molecule has 50 valence electrons. The minimum absolute atomic E-state index is 0.431. The molecule has 0 amide bonds. The van der Waals surface area contributed by atoms with Gasteiger partial charge in [0, 0.05) is 12.3 Å². The van der Waals surface area contributed by atoms with Crippen LogP contribution in [0.3, 0.4) is 0 Å². The standard InChI is InChI=1S/C10H10/c1-2-7-10-8-5-3-4-6-9-10/h1,3-6,8-10H,7H2. The van der Waals surface area contributed by atoms with Crippen molar-refractivity contribution < 1.29 is 0 Å². The summed E-state index contributed by atoms with van der Waals surface area (Å²) in [4.78, 5) is 0. The van der Waals surface area contributed by atoms with E-state index >= 15 is 0 Å². The van der Waals surface area contributed by atoms with E-state index in [1.807, 2.05) is 24.3 Å². The summed E-state index contributed by atoms with van der Waals surface area (Å²) < 4.78 is 0. The first kappa shape index (κ1) is 6.89. The third-order valence-electron chi connectivity index (χ3n) is 1.40. The van der Waals surface area contributed by atoms with Crippen LogP contribution in [0, 0.1) is 18.3 Å². The molecule has 0 radical (unpaired) electrons. The third kappa shape index (κ3) is 1.95. The Hall–Kier alpha value is -1.22. The average Bonchev–Trinajstić information content (AvgIpc) is 2.17. The van der Waals surface area contributed by atoms with Crippen molar-refractivity contribution in [2.24, 2.45) is 5.92 Å². The van der Waals surface area contributed by atoms with E-state index in [2.05, 4.69) is 18.1 Å². The van der Waals surface area contributed by atoms with Gasteiger partial charge in [-0.15, -0.1) is 12.3 Å². The Morgan fingerprint density at radius 3 is 2.20 bits per heavy atom. The van der Waals surface area contributed by atoms with E-state index < -0.39 is 0 Å². The van der Waals surface area contributed by atoms with Gasteiger partial charge in [-0.05, 0) is 0 Å². The fourth-order valence-corrected chi connectivity index (χ4v) is 0.878. The Kier molecular flexibility index (Phi) is 2.58. The molecule has 0 aromatic heterocycles. The smallest absolute Gasteiger partial charge is 0.0184 e. The Bertz CT molecular complexity index is 195. The molecule has 1 rings (SSSR count). The van der Waals surface area contributed by atoms with E-state index in [0.29, 0.717) is 5.92 Å². The Morgan fingerprint density at radius 2 is 1.70 bits per heavy atom. The van der Waals surface area contributed by atoms with Gasteiger partial charge in [-0.25, -0.2) is 0 Å². The Morgan fingerprint density at radius 1 is 1.10 bits per heavy atom. The summed E-state index contributed by atoms with van der Waals surface area (Å²) >= 11 is 0. The number of terminal acetylenes is 1. The minimum Gasteiger partial charge on any atom is -0.120 e. The molecule has 0 saturated heterocycles. The van der Waals surface area contributed by atoms with Crippen LogP contribution < -0.4 is 0 Å². The van der Waals surface area contributed by atoms with Crippen molar-refractivity contribution in [2.45, 2.75) is 6.42 Å². The van der Waals surface area contributed by atoms with Crippen LogP contribution in [0.5, 0.6) is 0 Å². The van der Waals surface area contributed by atoms with Gasteiger partial charge in [0.1, 0.15) is 0 Å². The molecule has 0 aliphatic heterocycles. The maximum atomic E-state index is 5.17. The van der Waals surface area contributed by atoms with Gasteiger partial charge >= 0.3 is 0 Å². The van der Waals surface area contributed by atoms with E-state index in [1.165, 1.54) is 0 Å². The molecule has 0 heterocycles. The molecule has 0 unspecified atom stereocenters. The molecule has 0 aromatic rings. The van der Waals surface area contributed by atoms with Gasteiger partial charge in [0.05, 0.1) is 0 Å². The van der Waals surface area contributed by atoms with Crippen LogP contribution >= 0.6 is 0 Å². The van der Waals surface area contributed by atoms with E-state index in [9.17, 15) is 0 Å². The van der Waals surface area contributed by atoms with Crippen LogP contribution in [-0.4, -0.2) is 0 Å². The van der Waals surface area contributed by atoms with Crippen LogP contribution in [0.2, 0.25) is 0 Å². The van der Waals surface area contributed by atoms with Crippen molar-refractivity contribution in [3.8, 4) is 12.3 Å². The molecular formula is C10H10. The first-order valence-corrected chi connectivity index (χ1v) is 3.38. The summed E-state index contributed by atoms with van der Waals surface area (Å²) in [5.41, 5.74) is 0. The summed E-state index contributed by atoms with van der Waals surface area (Å²) in [6.07, 6.45) is 18.3. The second kappa shape index (κ2) is 3.74. The summed E-state index contributed by atoms with van der Waals surface area (Å²) in [7, 11) is 0. The van der Waals surface area contributed by atoms with Crippen molar-refractivity contribution in [1.82, 2.24) is 0 Å². The van der Waals surface area contributed by atoms with Crippen LogP contribution in [0.25, 0.3) is 0 Å². The van der Waals surface area contributed by atoms with Crippen molar-refractivity contribution in [3.63, 3.8) is 0 Å². The van der Waals surface area contributed by atoms with Crippen LogP contribution in [0.15, 0.2) is 36.5 Å². The van der Waals surface area contributed by atoms with E-state index in [0.717, 1.165) is 6.42 Å². The van der Waals surface area contributed by atoms with Gasteiger partial charge in [-0.3, -0.25) is 0 Å². The predicted octanol–water partition coefficient (Wildman–Crippen LogP) is 2.31. The number of allylic oxidation sites excluding steroid dienone is 6. The highest BCUT2D eigenvalue weighted by molar-refractivity contribution is 5.20. The monoisotopic (exact) mass is 130 g/mol. The Balaban J connectivity index is 2.56. The summed E-state index contributed by atoms with van der Waals surface area (Å²) in [5, 5.41) is 0. The van der Waals surface area contributed by atoms with Crippen LogP contribution in [-0.2, 0) is 0 Å². The molecule has 0 bridgehead atoms. The number of rotatable bonds is 1. The fourth-order valence-electron chi connectivity index (χ4n) is 0.878. The quantitative estimate of drug-likeness (QED) is 0.478. The molecule has 0 atom stereocenters. The molecule has 0 saturated carbocycles. The molecule has 10 heavy (non-hydrogen) atoms. The van der Waals surface area contributed by atoms with Gasteiger partial charge in [0.15, 0.2) is 0 Å². The van der Waals surface area contributed by atoms with E-state index in [1.54, 1.807) is 0 Å². The second-order valence-corrected chi connectivity index (χ2v) is 2.23. The highest BCUT2D eigenvalue weighted by Crippen LogP contribution is 2.08. The lowest BCUT2D eigenvalue weighted by molar-refractivity contribution is 0.853. The maximum absolute atomic E-state index is 5.17. The third-order valence-corrected chi connectivity index (χ3v) is 1.40. The molecule has 0 heteroatoms. The zero-order valence-electron chi connectivity index (χ0n) is 5.83. The SMILES string of the molecule is C#CCC1C=CC=CC=C1. The number of hydrogen-bond acceptors (Lipinski definition) is 0. The normalized spacial score (nSPS) is 16.7. The molecule has 0 nitrogen and oxygen atoms in total. The van der Waals surface area contributed by atoms with Gasteiger partial charge in [0.2, 0.25) is 0 Å². The average molecular weight is 130 g/mol. The minimum atomic E-state index is 0.431. The molecule has 1 aliphatic rings. The van der Waals surface area contributed by atoms with E-state index in [4.69, 9.17) is 6.42 Å². The van der Waals surface area contributed by atoms with Crippen molar-refractivity contribution >= 4 is 0 Å². The van der Waals surface area contributed by atoms with E-state index in [-0.39, 0.29) is 0 Å². The summed E-state index contributed by atoms with van der Waals surface area (Å²) in [5.74, 6) is 3.07. The first-order valence-electron chi connectivity index (χ1n) is 3.38. The van der Waals surface area contributed by atoms with Crippen molar-refractivity contribution in [1.29, 1.82) is 0 Å². The summed E-state index contributed by atoms with van der Waals surface area (Å²) in [6.45, 7) is 0. The van der Waals surface area contributed by atoms with Crippen molar-refractivity contribution in [2.75, 3.05) is 0 Å². The topological polar surface area (TPSA) is 0 Å². The zero-order chi connectivity index (χ0) is 7.23. The van der Waals surface area contributed by atoms with Gasteiger partial charge in [0.25, 0.3) is 0 Å². The first-order chi connectivity index (χ1) is 4.93. The molecule has 0 fully saturated rings. The molecule has 0 N–H and O–H groups in total. The van der Waals surface area contributed by atoms with Gasteiger partial charge in [-0.2, -0.15) is 0 Å². The largest absolute Gasteiger partial charge is 0.120 e. The van der Waals surface area contributed by atoms with Crippen molar-refractivity contribution in [3.05, 3.63) is 36.5 Å². The second-order valence-electron chi connectivity index (χ2n) is 2.23. The van der Waals surface area contributed by atoms with Gasteiger partial charge in [-0.1, -0.05) is 36.5 Å². The highest BCUT2D eigenvalue weighted by atomic mass is 14.0. The van der Waals surface area contributed by atoms with Crippen LogP contribution in [0.1, 0.15) is 6.42 Å². The lowest BCUT2D eigenvalue weighted by atomic mass is 10.1. The van der Waals surface area contributed by atoms with Crippen LogP contribution in [0.4, 0.5) is 0 Å². The zero-order valence-corrected chi connectivity index (χ0v) is 5.83. The van der Waals surface area contributed by atoms with Gasteiger partial charge < -0.3 is 0 Å².